The van der Waals surface area contributed by atoms with E-state index in [1.165, 1.54) is 18.3 Å². The summed E-state index contributed by atoms with van der Waals surface area (Å²) < 4.78 is 12.6. The van der Waals surface area contributed by atoms with Gasteiger partial charge in [0, 0.05) is 32.4 Å². The Balaban J connectivity index is 2.05. The van der Waals surface area contributed by atoms with Crippen molar-refractivity contribution in [3.8, 4) is 0 Å². The van der Waals surface area contributed by atoms with Crippen molar-refractivity contribution in [2.45, 2.75) is 0 Å². The van der Waals surface area contributed by atoms with Crippen molar-refractivity contribution in [2.75, 3.05) is 33.2 Å². The zero-order valence-corrected chi connectivity index (χ0v) is 9.19. The largest absolute Gasteiger partial charge is 0.336 e. The van der Waals surface area contributed by atoms with E-state index in [0.717, 1.165) is 13.1 Å². The molecule has 1 fully saturated rings. The van der Waals surface area contributed by atoms with Crippen LogP contribution in [0.1, 0.15) is 10.4 Å². The highest BCUT2D eigenvalue weighted by Gasteiger charge is 2.20. The predicted octanol–water partition coefficient (Wildman–Crippen LogP) is 0.608. The minimum Gasteiger partial charge on any atom is -0.336 e. The third-order valence-corrected chi connectivity index (χ3v) is 2.76. The van der Waals surface area contributed by atoms with Gasteiger partial charge in [0.2, 0.25) is 5.95 Å². The third kappa shape index (κ3) is 2.36. The van der Waals surface area contributed by atoms with E-state index in [2.05, 4.69) is 9.88 Å². The summed E-state index contributed by atoms with van der Waals surface area (Å²) in [5, 5.41) is 0. The Labute approximate surface area is 93.7 Å². The molecule has 2 rings (SSSR count). The van der Waals surface area contributed by atoms with Crippen LogP contribution in [0.2, 0.25) is 0 Å². The molecule has 0 saturated carbocycles. The lowest BCUT2D eigenvalue weighted by Gasteiger charge is -2.32. The molecule has 0 aromatic carbocycles. The number of halogens is 1. The van der Waals surface area contributed by atoms with Crippen LogP contribution in [0, 0.1) is 5.95 Å². The summed E-state index contributed by atoms with van der Waals surface area (Å²) in [6.07, 6.45) is 1.29. The number of nitrogens with zero attached hydrogens (tertiary/aromatic N) is 3. The van der Waals surface area contributed by atoms with Crippen LogP contribution in [0.5, 0.6) is 0 Å². The molecule has 4 nitrogen and oxygen atoms in total. The Bertz CT molecular complexity index is 371. The second-order valence-electron chi connectivity index (χ2n) is 3.97. The first-order valence-corrected chi connectivity index (χ1v) is 5.26. The van der Waals surface area contributed by atoms with Gasteiger partial charge in [0.25, 0.3) is 5.91 Å². The molecule has 1 aromatic heterocycles. The number of piperazine rings is 1. The second-order valence-corrected chi connectivity index (χ2v) is 3.97. The molecule has 0 N–H and O–H groups in total. The van der Waals surface area contributed by atoms with Gasteiger partial charge in [-0.1, -0.05) is 0 Å². The highest BCUT2D eigenvalue weighted by atomic mass is 19.1. The number of aromatic nitrogens is 1. The highest BCUT2D eigenvalue weighted by molar-refractivity contribution is 5.93. The van der Waals surface area contributed by atoms with Crippen molar-refractivity contribution < 1.29 is 9.18 Å². The van der Waals surface area contributed by atoms with Gasteiger partial charge in [0.15, 0.2) is 0 Å². The van der Waals surface area contributed by atoms with E-state index in [9.17, 15) is 9.18 Å². The van der Waals surface area contributed by atoms with Crippen LogP contribution in [0.3, 0.4) is 0 Å². The Morgan fingerprint density at radius 3 is 2.56 bits per heavy atom. The molecule has 1 aromatic rings. The maximum atomic E-state index is 12.6. The zero-order chi connectivity index (χ0) is 11.5. The Hall–Kier alpha value is -1.49. The highest BCUT2D eigenvalue weighted by Crippen LogP contribution is 2.07. The predicted molar refractivity (Wildman–Crippen MR) is 57.6 cm³/mol. The van der Waals surface area contributed by atoms with Crippen molar-refractivity contribution in [2.24, 2.45) is 0 Å². The summed E-state index contributed by atoms with van der Waals surface area (Å²) in [6.45, 7) is 3.18. The number of hydrogen-bond acceptors (Lipinski definition) is 3. The van der Waals surface area contributed by atoms with Crippen molar-refractivity contribution in [3.05, 3.63) is 29.8 Å². The molecule has 0 aliphatic carbocycles. The maximum absolute atomic E-state index is 12.6. The van der Waals surface area contributed by atoms with Crippen LogP contribution < -0.4 is 0 Å². The molecule has 1 amide bonds. The van der Waals surface area contributed by atoms with Crippen LogP contribution in [0.15, 0.2) is 18.3 Å². The topological polar surface area (TPSA) is 36.4 Å². The molecule has 5 heteroatoms. The second kappa shape index (κ2) is 4.57. The lowest BCUT2D eigenvalue weighted by atomic mass is 10.2. The summed E-state index contributed by atoms with van der Waals surface area (Å²) in [5.74, 6) is -0.629. The minimum atomic E-state index is -0.560. The van der Waals surface area contributed by atoms with Gasteiger partial charge >= 0.3 is 0 Å². The number of pyridine rings is 1. The number of hydrogen-bond donors (Lipinski definition) is 0. The van der Waals surface area contributed by atoms with Crippen LogP contribution >= 0.6 is 0 Å². The molecule has 0 spiro atoms. The lowest BCUT2D eigenvalue weighted by molar-refractivity contribution is 0.0663. The Kier molecular flexibility index (Phi) is 3.14. The number of amides is 1. The Morgan fingerprint density at radius 1 is 1.31 bits per heavy atom. The number of likely N-dealkylation sites (N-methyl/N-ethyl adjacent to an activating group) is 1. The summed E-state index contributed by atoms with van der Waals surface area (Å²) in [7, 11) is 2.03. The summed E-state index contributed by atoms with van der Waals surface area (Å²) >= 11 is 0. The summed E-state index contributed by atoms with van der Waals surface area (Å²) in [6, 6.07) is 2.69. The van der Waals surface area contributed by atoms with Gasteiger partial charge in [0.1, 0.15) is 0 Å². The first-order chi connectivity index (χ1) is 7.66. The van der Waals surface area contributed by atoms with Gasteiger partial charge in [-0.3, -0.25) is 4.79 Å². The van der Waals surface area contributed by atoms with Crippen LogP contribution in [0.25, 0.3) is 0 Å². The SMILES string of the molecule is CN1CCN(C(=O)c2ccc(F)nc2)CC1. The average molecular weight is 223 g/mol. The summed E-state index contributed by atoms with van der Waals surface area (Å²) in [5.41, 5.74) is 0.450. The molecule has 0 unspecified atom stereocenters. The van der Waals surface area contributed by atoms with Crippen LogP contribution in [-0.4, -0.2) is 53.9 Å². The molecule has 1 aliphatic heterocycles. The number of rotatable bonds is 1. The monoisotopic (exact) mass is 223 g/mol. The first-order valence-electron chi connectivity index (χ1n) is 5.26. The van der Waals surface area contributed by atoms with Crippen LogP contribution in [0.4, 0.5) is 4.39 Å². The standard InChI is InChI=1S/C11H14FN3O/c1-14-4-6-15(7-5-14)11(16)9-2-3-10(12)13-8-9/h2-3,8H,4-7H2,1H3. The third-order valence-electron chi connectivity index (χ3n) is 2.76. The van der Waals surface area contributed by atoms with Crippen molar-refractivity contribution in [3.63, 3.8) is 0 Å². The van der Waals surface area contributed by atoms with E-state index < -0.39 is 5.95 Å². The van der Waals surface area contributed by atoms with Gasteiger partial charge in [-0.15, -0.1) is 0 Å². The van der Waals surface area contributed by atoms with E-state index in [1.54, 1.807) is 4.90 Å². The molecule has 0 atom stereocenters. The molecule has 1 aliphatic rings. The molecule has 0 bridgehead atoms. The van der Waals surface area contributed by atoms with Gasteiger partial charge in [-0.25, -0.2) is 4.98 Å². The van der Waals surface area contributed by atoms with Crippen LogP contribution in [-0.2, 0) is 0 Å². The molecule has 16 heavy (non-hydrogen) atoms. The quantitative estimate of drug-likeness (QED) is 0.654. The normalized spacial score (nSPS) is 17.5. The maximum Gasteiger partial charge on any atom is 0.255 e. The lowest BCUT2D eigenvalue weighted by Crippen LogP contribution is -2.47. The van der Waals surface area contributed by atoms with E-state index in [-0.39, 0.29) is 5.91 Å². The smallest absolute Gasteiger partial charge is 0.255 e. The molecule has 0 radical (unpaired) electrons. The van der Waals surface area contributed by atoms with E-state index >= 15 is 0 Å². The van der Waals surface area contributed by atoms with Crippen molar-refractivity contribution in [1.82, 2.24) is 14.8 Å². The number of carbonyl (C=O) groups excluding carboxylic acids is 1. The van der Waals surface area contributed by atoms with Gasteiger partial charge in [-0.05, 0) is 19.2 Å². The molecule has 86 valence electrons. The fraction of sp³-hybridized carbons (Fsp3) is 0.455. The molecular weight excluding hydrogens is 209 g/mol. The molecular formula is C11H14FN3O. The van der Waals surface area contributed by atoms with E-state index in [0.29, 0.717) is 18.7 Å². The fourth-order valence-electron chi connectivity index (χ4n) is 1.69. The Morgan fingerprint density at radius 2 is 2.00 bits per heavy atom. The summed E-state index contributed by atoms with van der Waals surface area (Å²) in [4.78, 5) is 19.4. The average Bonchev–Trinajstić information content (AvgIpc) is 2.30. The molecule has 1 saturated heterocycles. The van der Waals surface area contributed by atoms with Gasteiger partial charge < -0.3 is 9.80 Å². The van der Waals surface area contributed by atoms with Crippen molar-refractivity contribution in [1.29, 1.82) is 0 Å². The number of carbonyl (C=O) groups is 1. The molecule has 2 heterocycles. The van der Waals surface area contributed by atoms with E-state index in [4.69, 9.17) is 0 Å². The first kappa shape index (κ1) is 11.0. The minimum absolute atomic E-state index is 0.0689. The fourth-order valence-corrected chi connectivity index (χ4v) is 1.69. The van der Waals surface area contributed by atoms with Gasteiger partial charge in [0.05, 0.1) is 5.56 Å². The zero-order valence-electron chi connectivity index (χ0n) is 9.19. The van der Waals surface area contributed by atoms with Gasteiger partial charge in [-0.2, -0.15) is 4.39 Å². The van der Waals surface area contributed by atoms with E-state index in [1.807, 2.05) is 7.05 Å². The van der Waals surface area contributed by atoms with Crippen molar-refractivity contribution >= 4 is 5.91 Å².